The lowest BCUT2D eigenvalue weighted by molar-refractivity contribution is 0.184. The molecule has 1 heterocycles. The zero-order valence-electron chi connectivity index (χ0n) is 9.31. The molecule has 2 N–H and O–H groups in total. The van der Waals surface area contributed by atoms with Crippen molar-refractivity contribution in [3.8, 4) is 0 Å². The maximum Gasteiger partial charge on any atom is 0.153 e. The quantitative estimate of drug-likeness (QED) is 0.769. The number of hydrogen-bond acceptors (Lipinski definition) is 4. The largest absolute Gasteiger partial charge is 0.383 e. The maximum atomic E-state index is 6.30. The van der Waals surface area contributed by atoms with Gasteiger partial charge in [-0.1, -0.05) is 0 Å². The smallest absolute Gasteiger partial charge is 0.153 e. The van der Waals surface area contributed by atoms with Gasteiger partial charge in [0.15, 0.2) is 5.82 Å². The van der Waals surface area contributed by atoms with Crippen molar-refractivity contribution in [2.45, 2.75) is 31.8 Å². The lowest BCUT2D eigenvalue weighted by Crippen LogP contribution is -2.38. The predicted octanol–water partition coefficient (Wildman–Crippen LogP) is 0.508. The van der Waals surface area contributed by atoms with Gasteiger partial charge < -0.3 is 15.0 Å². The summed E-state index contributed by atoms with van der Waals surface area (Å²) in [6, 6.07) is 0. The van der Waals surface area contributed by atoms with Crippen LogP contribution in [0.3, 0.4) is 0 Å². The highest BCUT2D eigenvalue weighted by molar-refractivity contribution is 5.09. The van der Waals surface area contributed by atoms with Crippen LogP contribution in [0.4, 0.5) is 0 Å². The standard InChI is InChI=1S/C10H18N4O/c1-10(11,8-3-4-8)9-13-12-7-14(9)5-6-15-2/h7-8H,3-6,11H2,1-2H3. The predicted molar refractivity (Wildman–Crippen MR) is 56.2 cm³/mol. The second-order valence-corrected chi connectivity index (χ2v) is 4.40. The van der Waals surface area contributed by atoms with E-state index in [-0.39, 0.29) is 5.54 Å². The van der Waals surface area contributed by atoms with Crippen LogP contribution in [0.15, 0.2) is 6.33 Å². The number of nitrogens with zero attached hydrogens (tertiary/aromatic N) is 3. The second kappa shape index (κ2) is 3.90. The van der Waals surface area contributed by atoms with Gasteiger partial charge in [0.1, 0.15) is 6.33 Å². The molecule has 1 saturated carbocycles. The van der Waals surface area contributed by atoms with Crippen LogP contribution in [-0.4, -0.2) is 28.5 Å². The van der Waals surface area contributed by atoms with E-state index in [4.69, 9.17) is 10.5 Å². The van der Waals surface area contributed by atoms with Gasteiger partial charge in [0.25, 0.3) is 0 Å². The van der Waals surface area contributed by atoms with Crippen molar-refractivity contribution in [2.24, 2.45) is 11.7 Å². The Labute approximate surface area is 89.6 Å². The molecule has 0 aliphatic heterocycles. The summed E-state index contributed by atoms with van der Waals surface area (Å²) >= 11 is 0. The minimum atomic E-state index is -0.343. The first-order chi connectivity index (χ1) is 7.16. The first-order valence-corrected chi connectivity index (χ1v) is 5.32. The van der Waals surface area contributed by atoms with Crippen LogP contribution in [0, 0.1) is 5.92 Å². The van der Waals surface area contributed by atoms with E-state index in [1.807, 2.05) is 11.5 Å². The molecule has 0 amide bonds. The Hall–Kier alpha value is -0.940. The maximum absolute atomic E-state index is 6.30. The van der Waals surface area contributed by atoms with E-state index in [1.54, 1.807) is 13.4 Å². The van der Waals surface area contributed by atoms with Crippen molar-refractivity contribution >= 4 is 0 Å². The van der Waals surface area contributed by atoms with Gasteiger partial charge in [-0.2, -0.15) is 0 Å². The first-order valence-electron chi connectivity index (χ1n) is 5.32. The normalized spacial score (nSPS) is 20.2. The monoisotopic (exact) mass is 210 g/mol. The zero-order valence-corrected chi connectivity index (χ0v) is 9.31. The third kappa shape index (κ3) is 2.03. The van der Waals surface area contributed by atoms with Gasteiger partial charge in [0.05, 0.1) is 12.1 Å². The highest BCUT2D eigenvalue weighted by atomic mass is 16.5. The average Bonchev–Trinajstić information content (AvgIpc) is 2.95. The fourth-order valence-corrected chi connectivity index (χ4v) is 1.89. The topological polar surface area (TPSA) is 66.0 Å². The van der Waals surface area contributed by atoms with Crippen molar-refractivity contribution in [1.82, 2.24) is 14.8 Å². The second-order valence-electron chi connectivity index (χ2n) is 4.40. The SMILES string of the molecule is COCCn1cnnc1C(C)(N)C1CC1. The molecule has 84 valence electrons. The zero-order chi connectivity index (χ0) is 10.9. The molecule has 1 aliphatic carbocycles. The molecule has 0 saturated heterocycles. The number of rotatable bonds is 5. The summed E-state index contributed by atoms with van der Waals surface area (Å²) in [6.45, 7) is 3.46. The molecule has 15 heavy (non-hydrogen) atoms. The van der Waals surface area contributed by atoms with Gasteiger partial charge in [-0.15, -0.1) is 10.2 Å². The summed E-state index contributed by atoms with van der Waals surface area (Å²) in [5.41, 5.74) is 5.95. The molecule has 5 nitrogen and oxygen atoms in total. The van der Waals surface area contributed by atoms with Crippen molar-refractivity contribution in [2.75, 3.05) is 13.7 Å². The van der Waals surface area contributed by atoms with Crippen molar-refractivity contribution < 1.29 is 4.74 Å². The van der Waals surface area contributed by atoms with Crippen LogP contribution < -0.4 is 5.73 Å². The lowest BCUT2D eigenvalue weighted by atomic mass is 9.96. The molecule has 1 atom stereocenters. The van der Waals surface area contributed by atoms with E-state index < -0.39 is 0 Å². The lowest BCUT2D eigenvalue weighted by Gasteiger charge is -2.23. The van der Waals surface area contributed by atoms with Gasteiger partial charge in [-0.05, 0) is 25.7 Å². The summed E-state index contributed by atoms with van der Waals surface area (Å²) in [5.74, 6) is 1.44. The molecular weight excluding hydrogens is 192 g/mol. The molecule has 1 fully saturated rings. The van der Waals surface area contributed by atoms with E-state index >= 15 is 0 Å². The van der Waals surface area contributed by atoms with Gasteiger partial charge in [0, 0.05) is 13.7 Å². The third-order valence-electron chi connectivity index (χ3n) is 3.06. The van der Waals surface area contributed by atoms with E-state index in [1.165, 1.54) is 12.8 Å². The van der Waals surface area contributed by atoms with Crippen LogP contribution in [0.25, 0.3) is 0 Å². The Morgan fingerprint density at radius 3 is 3.00 bits per heavy atom. The molecule has 1 unspecified atom stereocenters. The Balaban J connectivity index is 2.15. The average molecular weight is 210 g/mol. The van der Waals surface area contributed by atoms with E-state index in [9.17, 15) is 0 Å². The number of methoxy groups -OCH3 is 1. The Kier molecular flexibility index (Phi) is 2.75. The Morgan fingerprint density at radius 1 is 1.67 bits per heavy atom. The van der Waals surface area contributed by atoms with Gasteiger partial charge in [-0.25, -0.2) is 0 Å². The Bertz CT molecular complexity index is 330. The van der Waals surface area contributed by atoms with Crippen LogP contribution in [-0.2, 0) is 16.8 Å². The molecule has 5 heteroatoms. The summed E-state index contributed by atoms with van der Waals surface area (Å²) in [6.07, 6.45) is 4.12. The van der Waals surface area contributed by atoms with Gasteiger partial charge in [0.2, 0.25) is 0 Å². The number of ether oxygens (including phenoxy) is 1. The van der Waals surface area contributed by atoms with Gasteiger partial charge >= 0.3 is 0 Å². The van der Waals surface area contributed by atoms with Crippen LogP contribution in [0.2, 0.25) is 0 Å². The summed E-state index contributed by atoms with van der Waals surface area (Å²) in [5, 5.41) is 8.06. The summed E-state index contributed by atoms with van der Waals surface area (Å²) in [4.78, 5) is 0. The van der Waals surface area contributed by atoms with Crippen molar-refractivity contribution in [3.05, 3.63) is 12.2 Å². The molecule has 0 spiro atoms. The van der Waals surface area contributed by atoms with Crippen molar-refractivity contribution in [3.63, 3.8) is 0 Å². The van der Waals surface area contributed by atoms with E-state index in [2.05, 4.69) is 10.2 Å². The minimum absolute atomic E-state index is 0.343. The molecular formula is C10H18N4O. The molecule has 2 rings (SSSR count). The van der Waals surface area contributed by atoms with Crippen LogP contribution >= 0.6 is 0 Å². The molecule has 1 aliphatic rings. The first kappa shape index (κ1) is 10.6. The fourth-order valence-electron chi connectivity index (χ4n) is 1.89. The highest BCUT2D eigenvalue weighted by Gasteiger charge is 2.42. The molecule has 0 radical (unpaired) electrons. The number of hydrogen-bond donors (Lipinski definition) is 1. The molecule has 0 bridgehead atoms. The van der Waals surface area contributed by atoms with Gasteiger partial charge in [-0.3, -0.25) is 0 Å². The molecule has 0 aromatic carbocycles. The number of nitrogens with two attached hydrogens (primary N) is 1. The van der Waals surface area contributed by atoms with Crippen molar-refractivity contribution in [1.29, 1.82) is 0 Å². The highest BCUT2D eigenvalue weighted by Crippen LogP contribution is 2.42. The summed E-state index contributed by atoms with van der Waals surface area (Å²) < 4.78 is 7.03. The minimum Gasteiger partial charge on any atom is -0.383 e. The fraction of sp³-hybridized carbons (Fsp3) is 0.800. The molecule has 1 aromatic rings. The van der Waals surface area contributed by atoms with E-state index in [0.717, 1.165) is 12.4 Å². The third-order valence-corrected chi connectivity index (χ3v) is 3.06. The summed E-state index contributed by atoms with van der Waals surface area (Å²) in [7, 11) is 1.69. The van der Waals surface area contributed by atoms with Crippen LogP contribution in [0.1, 0.15) is 25.6 Å². The number of aromatic nitrogens is 3. The Morgan fingerprint density at radius 2 is 2.40 bits per heavy atom. The van der Waals surface area contributed by atoms with Crippen LogP contribution in [0.5, 0.6) is 0 Å². The van der Waals surface area contributed by atoms with E-state index in [0.29, 0.717) is 12.5 Å². The molecule has 1 aromatic heterocycles.